The maximum Gasteiger partial charge on any atom is 0.250 e. The molecule has 2 aliphatic heterocycles. The molecule has 2 saturated heterocycles. The van der Waals surface area contributed by atoms with E-state index < -0.39 is 145 Å². The number of nitrogens with two attached hydrogens (primary N) is 4. The molecular formula is C43H66N12O13S2. The molecule has 2 aliphatic rings. The van der Waals surface area contributed by atoms with E-state index in [1.165, 1.54) is 29.2 Å². The molecule has 2 heterocycles. The van der Waals surface area contributed by atoms with Crippen LogP contribution < -0.4 is 60.2 Å². The number of nitrogens with zero attached hydrogens (tertiary/aromatic N) is 1. The van der Waals surface area contributed by atoms with Crippen LogP contribution in [0.1, 0.15) is 77.2 Å². The van der Waals surface area contributed by atoms with Crippen molar-refractivity contribution in [3.05, 3.63) is 29.8 Å². The Balaban J connectivity index is 2.04. The summed E-state index contributed by atoms with van der Waals surface area (Å²) in [5.74, 6) is -11.2. The molecule has 17 N–H and O–H groups in total. The van der Waals surface area contributed by atoms with E-state index in [2.05, 4.69) is 37.2 Å². The average molecular weight is 1020 g/mol. The van der Waals surface area contributed by atoms with Gasteiger partial charge in [0.2, 0.25) is 65.0 Å². The molecule has 3 rings (SSSR count). The second-order valence-electron chi connectivity index (χ2n) is 17.0. The zero-order valence-electron chi connectivity index (χ0n) is 39.1. The van der Waals surface area contributed by atoms with Crippen LogP contribution in [0.15, 0.2) is 24.3 Å². The van der Waals surface area contributed by atoms with Crippen LogP contribution in [0.25, 0.3) is 0 Å². The maximum atomic E-state index is 14.5. The minimum absolute atomic E-state index is 0.0188. The Morgan fingerprint density at radius 2 is 1.43 bits per heavy atom. The summed E-state index contributed by atoms with van der Waals surface area (Å²) in [6.07, 6.45) is -1.74. The number of benzene rings is 1. The van der Waals surface area contributed by atoms with Gasteiger partial charge >= 0.3 is 0 Å². The predicted octanol–water partition coefficient (Wildman–Crippen LogP) is -4.49. The highest BCUT2D eigenvalue weighted by atomic mass is 33.1. The SMILES string of the molecule is CC[C@H](C)[C@@H]1NC(=O)[C@H](Cc2ccc(O)cc2)NC(=O)C(O)CSSC[C@@H](C(=O)N2CCC[C@H]2C(=O)N[C@@H](CCCCN)C(=O)NCC(N)=O)NC(=O)[C@H](CC(N)=O)NC(=O)[C@H](CCC(N)=O)NC1=O. The van der Waals surface area contributed by atoms with Crippen LogP contribution in [0.3, 0.4) is 0 Å². The molecule has 388 valence electrons. The van der Waals surface area contributed by atoms with Crippen molar-refractivity contribution in [2.45, 2.75) is 126 Å². The highest BCUT2D eigenvalue weighted by molar-refractivity contribution is 8.76. The first kappa shape index (κ1) is 58.1. The molecule has 70 heavy (non-hydrogen) atoms. The van der Waals surface area contributed by atoms with Crippen LogP contribution in [-0.2, 0) is 59.2 Å². The highest BCUT2D eigenvalue weighted by Gasteiger charge is 2.41. The van der Waals surface area contributed by atoms with Crippen molar-refractivity contribution in [1.29, 1.82) is 0 Å². The van der Waals surface area contributed by atoms with Gasteiger partial charge in [0.25, 0.3) is 0 Å². The van der Waals surface area contributed by atoms with Gasteiger partial charge in [-0.2, -0.15) is 0 Å². The largest absolute Gasteiger partial charge is 0.508 e. The first-order valence-electron chi connectivity index (χ1n) is 22.8. The summed E-state index contributed by atoms with van der Waals surface area (Å²) >= 11 is 0. The number of carbonyl (C=O) groups is 11. The van der Waals surface area contributed by atoms with Gasteiger partial charge in [-0.3, -0.25) is 52.7 Å². The zero-order chi connectivity index (χ0) is 52.1. The Morgan fingerprint density at radius 1 is 0.800 bits per heavy atom. The lowest BCUT2D eigenvalue weighted by Gasteiger charge is -2.31. The number of unbranched alkanes of at least 4 members (excludes halogenated alkanes) is 1. The van der Waals surface area contributed by atoms with Gasteiger partial charge in [0.15, 0.2) is 0 Å². The molecule has 0 aromatic heterocycles. The number of hydrogen-bond acceptors (Lipinski definition) is 16. The van der Waals surface area contributed by atoms with Crippen molar-refractivity contribution >= 4 is 86.6 Å². The summed E-state index contributed by atoms with van der Waals surface area (Å²) in [6.45, 7) is 3.18. The van der Waals surface area contributed by atoms with Crippen LogP contribution in [0.5, 0.6) is 5.75 Å². The van der Waals surface area contributed by atoms with Gasteiger partial charge in [0.05, 0.1) is 13.0 Å². The van der Waals surface area contributed by atoms with Gasteiger partial charge in [-0.1, -0.05) is 54.0 Å². The van der Waals surface area contributed by atoms with Gasteiger partial charge in [0, 0.05) is 30.9 Å². The molecule has 11 amide bonds. The fraction of sp³-hybridized carbons (Fsp3) is 0.605. The average Bonchev–Trinajstić information content (AvgIpc) is 3.81. The number of aromatic hydroxyl groups is 1. The van der Waals surface area contributed by atoms with Crippen LogP contribution >= 0.6 is 21.6 Å². The number of primary amides is 3. The summed E-state index contributed by atoms with van der Waals surface area (Å²) in [6, 6.07) is -4.22. The Morgan fingerprint density at radius 3 is 2.06 bits per heavy atom. The van der Waals surface area contributed by atoms with Gasteiger partial charge in [-0.05, 0) is 68.7 Å². The van der Waals surface area contributed by atoms with Crippen LogP contribution in [-0.4, -0.2) is 160 Å². The topological polar surface area (TPSA) is 420 Å². The Hall–Kier alpha value is -6.19. The molecule has 25 nitrogen and oxygen atoms in total. The molecule has 0 saturated carbocycles. The Kier molecular flexibility index (Phi) is 24.2. The van der Waals surface area contributed by atoms with Crippen molar-refractivity contribution < 1.29 is 63.0 Å². The normalized spacial score (nSPS) is 24.0. The smallest absolute Gasteiger partial charge is 0.250 e. The van der Waals surface area contributed by atoms with Crippen molar-refractivity contribution in [2.75, 3.05) is 31.1 Å². The number of carbonyl (C=O) groups excluding carboxylic acids is 11. The minimum atomic E-state index is -1.78. The van der Waals surface area contributed by atoms with Crippen molar-refractivity contribution in [3.8, 4) is 5.75 Å². The van der Waals surface area contributed by atoms with Crippen LogP contribution in [0.2, 0.25) is 0 Å². The van der Waals surface area contributed by atoms with E-state index in [1.54, 1.807) is 13.8 Å². The summed E-state index contributed by atoms with van der Waals surface area (Å²) in [7, 11) is 1.83. The number of phenols is 1. The summed E-state index contributed by atoms with van der Waals surface area (Å²) in [5.41, 5.74) is 22.2. The van der Waals surface area contributed by atoms with E-state index in [0.29, 0.717) is 37.8 Å². The number of aliphatic hydroxyl groups is 1. The van der Waals surface area contributed by atoms with E-state index in [4.69, 9.17) is 22.9 Å². The van der Waals surface area contributed by atoms with Crippen molar-refractivity contribution in [3.63, 3.8) is 0 Å². The number of likely N-dealkylation sites (tertiary alicyclic amines) is 1. The molecule has 1 unspecified atom stereocenters. The number of nitrogens with one attached hydrogen (secondary N) is 7. The van der Waals surface area contributed by atoms with Gasteiger partial charge in [-0.25, -0.2) is 0 Å². The third-order valence-electron chi connectivity index (χ3n) is 11.5. The minimum Gasteiger partial charge on any atom is -0.508 e. The molecular weight excluding hydrogens is 957 g/mol. The first-order valence-corrected chi connectivity index (χ1v) is 25.3. The van der Waals surface area contributed by atoms with Gasteiger partial charge < -0.3 is 75.3 Å². The molecule has 1 aromatic rings. The second-order valence-corrected chi connectivity index (χ2v) is 19.5. The standard InChI is InChI=1S/C43H66N12O13S2/c1-3-22(2)35-42(67)50-26(13-14-32(45)58)37(62)51-28(18-33(46)59)38(63)53-29(20-69-70-21-31(57)41(66)52-27(39(64)54-35)17-23-9-11-24(56)12-10-23)43(68)55-16-6-8-30(55)40(65)49-25(7-4-5-15-44)36(61)48-19-34(47)60/h9-12,22,25-31,35,56-57H,3-8,13-21,44H2,1-2H3,(H2,45,58)(H2,46,59)(H2,47,60)(H,48,61)(H,49,65)(H,50,67)(H,51,62)(H,52,66)(H,53,63)(H,54,64)/t22-,25-,26-,27-,28-,29-,30-,31?,35-/m0/s1. The third kappa shape index (κ3) is 19.0. The lowest BCUT2D eigenvalue weighted by atomic mass is 9.96. The molecule has 2 fully saturated rings. The van der Waals surface area contributed by atoms with E-state index in [9.17, 15) is 63.0 Å². The molecule has 0 bridgehead atoms. The molecule has 0 radical (unpaired) electrons. The van der Waals surface area contributed by atoms with Gasteiger partial charge in [0.1, 0.15) is 54.1 Å². The monoisotopic (exact) mass is 1020 g/mol. The van der Waals surface area contributed by atoms with Crippen LogP contribution in [0.4, 0.5) is 0 Å². The van der Waals surface area contributed by atoms with E-state index in [1.807, 2.05) is 0 Å². The Bertz CT molecular complexity index is 2050. The molecule has 0 spiro atoms. The van der Waals surface area contributed by atoms with Crippen LogP contribution in [0, 0.1) is 5.92 Å². The van der Waals surface area contributed by atoms with Crippen molar-refractivity contribution in [2.24, 2.45) is 28.9 Å². The first-order chi connectivity index (χ1) is 33.1. The maximum absolute atomic E-state index is 14.5. The number of hydrogen-bond donors (Lipinski definition) is 13. The summed E-state index contributed by atoms with van der Waals surface area (Å²) < 4.78 is 0. The van der Waals surface area contributed by atoms with E-state index >= 15 is 0 Å². The quantitative estimate of drug-likeness (QED) is 0.0459. The molecule has 0 aliphatic carbocycles. The number of aliphatic hydroxyl groups excluding tert-OH is 1. The fourth-order valence-electron chi connectivity index (χ4n) is 7.38. The number of rotatable bonds is 19. The Labute approximate surface area is 412 Å². The zero-order valence-corrected chi connectivity index (χ0v) is 40.7. The lowest BCUT2D eigenvalue weighted by Crippen LogP contribution is -2.61. The van der Waals surface area contributed by atoms with E-state index in [0.717, 1.165) is 21.6 Å². The predicted molar refractivity (Wildman–Crippen MR) is 256 cm³/mol. The molecule has 9 atom stereocenters. The van der Waals surface area contributed by atoms with Gasteiger partial charge in [-0.15, -0.1) is 0 Å². The molecule has 1 aromatic carbocycles. The highest BCUT2D eigenvalue weighted by Crippen LogP contribution is 2.26. The summed E-state index contributed by atoms with van der Waals surface area (Å²) in [5, 5.41) is 38.4. The number of amides is 11. The molecule has 27 heteroatoms. The van der Waals surface area contributed by atoms with E-state index in [-0.39, 0.29) is 43.1 Å². The second kappa shape index (κ2) is 29.1. The fourth-order valence-corrected chi connectivity index (χ4v) is 9.59. The number of phenolic OH excluding ortho intramolecular Hbond substituents is 1. The lowest BCUT2D eigenvalue weighted by molar-refractivity contribution is -0.142. The third-order valence-corrected chi connectivity index (χ3v) is 13.9. The van der Waals surface area contributed by atoms with Crippen molar-refractivity contribution in [1.82, 2.24) is 42.1 Å². The summed E-state index contributed by atoms with van der Waals surface area (Å²) in [4.78, 5) is 148.